The van der Waals surface area contributed by atoms with Crippen LogP contribution < -0.4 is 11.1 Å². The minimum absolute atomic E-state index is 0.000771. The predicted molar refractivity (Wildman–Crippen MR) is 229 cm³/mol. The molecule has 1 spiro atoms. The molecule has 260 valence electrons. The SMILES string of the molecule is CC12C=CC=CC1C1(c3cc4c5cccc6c7ccccc7c(=O)n(c4cc3-c3cc4c(cc31)c1cccc3c7ccccc7c(=O)n4c31)c65)c1ccccc12. The van der Waals surface area contributed by atoms with Gasteiger partial charge in [0.05, 0.1) is 27.5 Å². The first-order valence-electron chi connectivity index (χ1n) is 19.5. The Balaban J connectivity index is 1.22. The van der Waals surface area contributed by atoms with Gasteiger partial charge in [0.1, 0.15) is 0 Å². The summed E-state index contributed by atoms with van der Waals surface area (Å²) in [5.41, 5.74) is 10.4. The number of nitrogens with zero attached hydrogens (tertiary/aromatic N) is 2. The Hall–Kier alpha value is -7.04. The summed E-state index contributed by atoms with van der Waals surface area (Å²) in [7, 11) is 0. The third-order valence-electron chi connectivity index (χ3n) is 14.2. The van der Waals surface area contributed by atoms with E-state index in [0.29, 0.717) is 0 Å². The van der Waals surface area contributed by atoms with Crippen LogP contribution in [0.15, 0.2) is 167 Å². The van der Waals surface area contributed by atoms with Crippen LogP contribution in [-0.2, 0) is 10.8 Å². The molecule has 0 radical (unpaired) electrons. The lowest BCUT2D eigenvalue weighted by atomic mass is 9.61. The predicted octanol–water partition coefficient (Wildman–Crippen LogP) is 11.0. The quantitative estimate of drug-likeness (QED) is 0.147. The summed E-state index contributed by atoms with van der Waals surface area (Å²) >= 11 is 0. The van der Waals surface area contributed by atoms with Gasteiger partial charge in [0.25, 0.3) is 11.1 Å². The van der Waals surface area contributed by atoms with Crippen molar-refractivity contribution in [1.82, 2.24) is 8.80 Å². The molecule has 14 rings (SSSR count). The van der Waals surface area contributed by atoms with E-state index in [4.69, 9.17) is 0 Å². The van der Waals surface area contributed by atoms with Crippen molar-refractivity contribution >= 4 is 75.9 Å². The first-order valence-corrected chi connectivity index (χ1v) is 19.5. The molecule has 4 aromatic heterocycles. The summed E-state index contributed by atoms with van der Waals surface area (Å²) < 4.78 is 3.92. The van der Waals surface area contributed by atoms with Gasteiger partial charge in [0, 0.05) is 54.4 Å². The van der Waals surface area contributed by atoms with Crippen LogP contribution in [0.1, 0.15) is 29.2 Å². The Bertz CT molecular complexity index is 3640. The van der Waals surface area contributed by atoms with E-state index in [2.05, 4.69) is 128 Å². The van der Waals surface area contributed by atoms with Crippen LogP contribution in [0, 0.1) is 5.92 Å². The highest BCUT2D eigenvalue weighted by Gasteiger charge is 2.61. The molecule has 2 atom stereocenters. The molecule has 4 heterocycles. The molecular formula is C52H30N2O2. The van der Waals surface area contributed by atoms with Crippen molar-refractivity contribution in [3.8, 4) is 11.1 Å². The third-order valence-corrected chi connectivity index (χ3v) is 14.2. The smallest absolute Gasteiger partial charge is 0.263 e. The molecule has 0 fully saturated rings. The van der Waals surface area contributed by atoms with E-state index in [1.165, 1.54) is 22.3 Å². The first-order chi connectivity index (χ1) is 27.5. The van der Waals surface area contributed by atoms with Crippen molar-refractivity contribution < 1.29 is 0 Å². The van der Waals surface area contributed by atoms with Gasteiger partial charge in [-0.25, -0.2) is 0 Å². The second kappa shape index (κ2) is 9.42. The summed E-state index contributed by atoms with van der Waals surface area (Å²) in [6.07, 6.45) is 9.25. The van der Waals surface area contributed by atoms with Gasteiger partial charge >= 0.3 is 0 Å². The number of allylic oxidation sites excluding steroid dienone is 4. The van der Waals surface area contributed by atoms with Gasteiger partial charge in [-0.1, -0.05) is 128 Å². The van der Waals surface area contributed by atoms with E-state index in [1.807, 2.05) is 45.2 Å². The van der Waals surface area contributed by atoms with Crippen molar-refractivity contribution in [3.05, 3.63) is 201 Å². The highest BCUT2D eigenvalue weighted by atomic mass is 16.1. The number of pyridine rings is 2. The maximum absolute atomic E-state index is 14.6. The molecule has 0 N–H and O–H groups in total. The van der Waals surface area contributed by atoms with E-state index in [9.17, 15) is 9.59 Å². The normalized spacial score (nSPS) is 19.2. The maximum atomic E-state index is 14.6. The zero-order chi connectivity index (χ0) is 36.8. The second-order valence-corrected chi connectivity index (χ2v) is 16.5. The third kappa shape index (κ3) is 3.00. The Morgan fingerprint density at radius 1 is 0.446 bits per heavy atom. The van der Waals surface area contributed by atoms with Crippen molar-refractivity contribution in [2.75, 3.05) is 0 Å². The van der Waals surface area contributed by atoms with Gasteiger partial charge in [-0.3, -0.25) is 18.4 Å². The monoisotopic (exact) mass is 714 g/mol. The molecule has 2 unspecified atom stereocenters. The van der Waals surface area contributed by atoms with Crippen molar-refractivity contribution in [2.45, 2.75) is 17.8 Å². The average molecular weight is 715 g/mol. The zero-order valence-corrected chi connectivity index (χ0v) is 30.3. The van der Waals surface area contributed by atoms with Gasteiger partial charge in [-0.2, -0.15) is 0 Å². The number of hydrogen-bond acceptors (Lipinski definition) is 2. The Kier molecular flexibility index (Phi) is 4.93. The number of para-hydroxylation sites is 2. The molecular weight excluding hydrogens is 685 g/mol. The second-order valence-electron chi connectivity index (χ2n) is 16.5. The fourth-order valence-electron chi connectivity index (χ4n) is 12.0. The van der Waals surface area contributed by atoms with Gasteiger partial charge in [0.15, 0.2) is 0 Å². The van der Waals surface area contributed by atoms with E-state index in [0.717, 1.165) is 87.1 Å². The fourth-order valence-corrected chi connectivity index (χ4v) is 12.0. The van der Waals surface area contributed by atoms with Crippen LogP contribution in [0.2, 0.25) is 0 Å². The van der Waals surface area contributed by atoms with Gasteiger partial charge in [-0.05, 0) is 80.6 Å². The highest BCUT2D eigenvalue weighted by Crippen LogP contribution is 2.68. The molecule has 4 heteroatoms. The topological polar surface area (TPSA) is 43.0 Å². The van der Waals surface area contributed by atoms with Crippen molar-refractivity contribution in [3.63, 3.8) is 0 Å². The van der Waals surface area contributed by atoms with E-state index < -0.39 is 5.41 Å². The Labute approximate surface area is 319 Å². The molecule has 3 aliphatic rings. The summed E-state index contributed by atoms with van der Waals surface area (Å²) in [5, 5.41) is 9.91. The molecule has 11 aromatic rings. The molecule has 0 bridgehead atoms. The van der Waals surface area contributed by atoms with Crippen LogP contribution in [0.3, 0.4) is 0 Å². The minimum atomic E-state index is -0.530. The fraction of sp³-hybridized carbons (Fsp3) is 0.0769. The lowest BCUT2D eigenvalue weighted by Gasteiger charge is -2.40. The summed E-state index contributed by atoms with van der Waals surface area (Å²) in [6, 6.07) is 47.4. The molecule has 7 aromatic carbocycles. The molecule has 0 amide bonds. The number of fused-ring (bicyclic) bond motifs is 20. The summed E-state index contributed by atoms with van der Waals surface area (Å²) in [4.78, 5) is 29.2. The van der Waals surface area contributed by atoms with Crippen molar-refractivity contribution in [2.24, 2.45) is 5.92 Å². The number of aromatic nitrogens is 2. The van der Waals surface area contributed by atoms with Gasteiger partial charge in [-0.15, -0.1) is 0 Å². The Morgan fingerprint density at radius 3 is 1.43 bits per heavy atom. The number of benzene rings is 7. The lowest BCUT2D eigenvalue weighted by molar-refractivity contribution is 0.372. The zero-order valence-electron chi connectivity index (χ0n) is 30.3. The molecule has 0 saturated heterocycles. The molecule has 0 saturated carbocycles. The summed E-state index contributed by atoms with van der Waals surface area (Å²) in [5.74, 6) is 0.0864. The number of rotatable bonds is 0. The highest BCUT2D eigenvalue weighted by molar-refractivity contribution is 6.23. The standard InChI is InChI=1S/C52H30N2O2/c1-51-23-9-8-22-46(51)52(41-21-7-6-20-40(41)51)42-24-38-32-18-10-16-30-28-12-2-4-14-34(28)49(55)53(47(30)32)44(38)26-36(42)37-27-45-39(25-43(37)52)33-19-11-17-31-29-13-3-5-15-35(29)50(56)54(45)48(31)33/h2-27,46H,1H3. The van der Waals surface area contributed by atoms with E-state index in [-0.39, 0.29) is 22.5 Å². The van der Waals surface area contributed by atoms with E-state index >= 15 is 0 Å². The average Bonchev–Trinajstić information content (AvgIpc) is 3.91. The first kappa shape index (κ1) is 29.3. The Morgan fingerprint density at radius 2 is 0.893 bits per heavy atom. The van der Waals surface area contributed by atoms with Crippen LogP contribution >= 0.6 is 0 Å². The van der Waals surface area contributed by atoms with Crippen LogP contribution in [-0.4, -0.2) is 8.80 Å². The summed E-state index contributed by atoms with van der Waals surface area (Å²) in [6.45, 7) is 2.40. The minimum Gasteiger partial charge on any atom is -0.275 e. The largest absolute Gasteiger partial charge is 0.275 e. The van der Waals surface area contributed by atoms with Gasteiger partial charge in [0.2, 0.25) is 0 Å². The van der Waals surface area contributed by atoms with E-state index in [1.54, 1.807) is 0 Å². The molecule has 3 aliphatic carbocycles. The number of hydrogen-bond donors (Lipinski definition) is 0. The van der Waals surface area contributed by atoms with Crippen LogP contribution in [0.25, 0.3) is 87.1 Å². The van der Waals surface area contributed by atoms with Crippen LogP contribution in [0.5, 0.6) is 0 Å². The lowest BCUT2D eigenvalue weighted by Crippen LogP contribution is -2.38. The van der Waals surface area contributed by atoms with Gasteiger partial charge < -0.3 is 0 Å². The molecule has 56 heavy (non-hydrogen) atoms. The maximum Gasteiger partial charge on any atom is 0.263 e. The molecule has 0 aliphatic heterocycles. The van der Waals surface area contributed by atoms with Crippen LogP contribution in [0.4, 0.5) is 0 Å². The van der Waals surface area contributed by atoms with Crippen molar-refractivity contribution in [1.29, 1.82) is 0 Å². The molecule has 4 nitrogen and oxygen atoms in total.